The molecular weight excluding hydrogens is 299 g/mol. The molecule has 1 aromatic heterocycles. The number of nitrogens with zero attached hydrogens (tertiary/aromatic N) is 2. The molecule has 0 spiro atoms. The summed E-state index contributed by atoms with van der Waals surface area (Å²) in [5.74, 6) is 1.02. The standard InChI is InChI=1S/C12H12BrFN4/c1-2-15-11-6-12(17-7-16-11)18-10-5-8(14)3-4-9(10)13/h3-7H,2H2,1H3,(H2,15,16,17,18). The molecule has 2 N–H and O–H groups in total. The van der Waals surface area contributed by atoms with E-state index in [2.05, 4.69) is 36.5 Å². The number of halogens is 2. The number of anilines is 3. The summed E-state index contributed by atoms with van der Waals surface area (Å²) >= 11 is 3.35. The molecule has 0 saturated heterocycles. The van der Waals surface area contributed by atoms with Gasteiger partial charge in [-0.1, -0.05) is 0 Å². The molecule has 94 valence electrons. The minimum atomic E-state index is -0.304. The monoisotopic (exact) mass is 310 g/mol. The summed E-state index contributed by atoms with van der Waals surface area (Å²) < 4.78 is 13.9. The first-order valence-electron chi connectivity index (χ1n) is 5.47. The number of benzene rings is 1. The zero-order valence-electron chi connectivity index (χ0n) is 9.74. The van der Waals surface area contributed by atoms with E-state index >= 15 is 0 Å². The molecule has 2 aromatic rings. The molecule has 0 bridgehead atoms. The second kappa shape index (κ2) is 5.77. The first-order chi connectivity index (χ1) is 8.69. The summed E-state index contributed by atoms with van der Waals surface area (Å²) in [6.45, 7) is 2.76. The minimum absolute atomic E-state index is 0.304. The van der Waals surface area contributed by atoms with E-state index in [0.29, 0.717) is 11.5 Å². The Bertz CT molecular complexity index is 547. The van der Waals surface area contributed by atoms with Gasteiger partial charge in [0, 0.05) is 17.1 Å². The molecule has 6 heteroatoms. The molecule has 1 aromatic carbocycles. The number of hydrogen-bond donors (Lipinski definition) is 2. The van der Waals surface area contributed by atoms with Gasteiger partial charge in [0.2, 0.25) is 0 Å². The molecule has 0 radical (unpaired) electrons. The molecule has 1 heterocycles. The van der Waals surface area contributed by atoms with Crippen LogP contribution in [0.15, 0.2) is 35.1 Å². The van der Waals surface area contributed by atoms with Gasteiger partial charge in [-0.2, -0.15) is 0 Å². The summed E-state index contributed by atoms with van der Waals surface area (Å²) in [6, 6.07) is 6.20. The highest BCUT2D eigenvalue weighted by Gasteiger charge is 2.04. The summed E-state index contributed by atoms with van der Waals surface area (Å²) in [7, 11) is 0. The van der Waals surface area contributed by atoms with Gasteiger partial charge in [-0.05, 0) is 41.1 Å². The highest BCUT2D eigenvalue weighted by molar-refractivity contribution is 9.10. The van der Waals surface area contributed by atoms with Crippen LogP contribution in [0.5, 0.6) is 0 Å². The Labute approximate surface area is 113 Å². The quantitative estimate of drug-likeness (QED) is 0.906. The van der Waals surface area contributed by atoms with Crippen molar-refractivity contribution >= 4 is 33.3 Å². The molecule has 0 unspecified atom stereocenters. The van der Waals surface area contributed by atoms with E-state index in [1.807, 2.05) is 6.92 Å². The molecule has 0 aliphatic carbocycles. The molecule has 18 heavy (non-hydrogen) atoms. The lowest BCUT2D eigenvalue weighted by Crippen LogP contribution is -2.02. The molecule has 0 amide bonds. The number of hydrogen-bond acceptors (Lipinski definition) is 4. The van der Waals surface area contributed by atoms with Crippen molar-refractivity contribution in [3.8, 4) is 0 Å². The molecule has 0 aliphatic heterocycles. The largest absolute Gasteiger partial charge is 0.370 e. The van der Waals surface area contributed by atoms with Gasteiger partial charge in [-0.3, -0.25) is 0 Å². The van der Waals surface area contributed by atoms with E-state index in [0.717, 1.165) is 16.8 Å². The van der Waals surface area contributed by atoms with Gasteiger partial charge in [-0.15, -0.1) is 0 Å². The van der Waals surface area contributed by atoms with Crippen LogP contribution in [0.4, 0.5) is 21.7 Å². The van der Waals surface area contributed by atoms with E-state index in [1.165, 1.54) is 18.5 Å². The summed E-state index contributed by atoms with van der Waals surface area (Å²) in [6.07, 6.45) is 1.45. The topological polar surface area (TPSA) is 49.8 Å². The third kappa shape index (κ3) is 3.16. The lowest BCUT2D eigenvalue weighted by Gasteiger charge is -2.09. The molecule has 4 nitrogen and oxygen atoms in total. The molecular formula is C12H12BrFN4. The first kappa shape index (κ1) is 12.8. The van der Waals surface area contributed by atoms with Crippen LogP contribution in [0.2, 0.25) is 0 Å². The van der Waals surface area contributed by atoms with E-state index in [9.17, 15) is 4.39 Å². The average molecular weight is 311 g/mol. The normalized spacial score (nSPS) is 10.2. The van der Waals surface area contributed by atoms with Crippen molar-refractivity contribution in [2.24, 2.45) is 0 Å². The van der Waals surface area contributed by atoms with Crippen LogP contribution in [-0.2, 0) is 0 Å². The Balaban J connectivity index is 2.22. The van der Waals surface area contributed by atoms with Gasteiger partial charge < -0.3 is 10.6 Å². The molecule has 0 saturated carbocycles. The summed E-state index contributed by atoms with van der Waals surface area (Å²) in [4.78, 5) is 8.14. The molecule has 0 aliphatic rings. The van der Waals surface area contributed by atoms with Crippen LogP contribution in [0, 0.1) is 5.82 Å². The first-order valence-corrected chi connectivity index (χ1v) is 6.26. The Hall–Kier alpha value is -1.69. The van der Waals surface area contributed by atoms with Crippen LogP contribution < -0.4 is 10.6 Å². The van der Waals surface area contributed by atoms with Gasteiger partial charge in [-0.25, -0.2) is 14.4 Å². The zero-order chi connectivity index (χ0) is 13.0. The molecule has 0 fully saturated rings. The lowest BCUT2D eigenvalue weighted by atomic mass is 10.3. The van der Waals surface area contributed by atoms with Gasteiger partial charge >= 0.3 is 0 Å². The fraction of sp³-hybridized carbons (Fsp3) is 0.167. The SMILES string of the molecule is CCNc1cc(Nc2cc(F)ccc2Br)ncn1. The van der Waals surface area contributed by atoms with E-state index in [-0.39, 0.29) is 5.82 Å². The van der Waals surface area contributed by atoms with Crippen molar-refractivity contribution in [2.45, 2.75) is 6.92 Å². The molecule has 2 rings (SSSR count). The Morgan fingerprint density at radius 3 is 2.78 bits per heavy atom. The fourth-order valence-corrected chi connectivity index (χ4v) is 1.78. The van der Waals surface area contributed by atoms with Crippen LogP contribution >= 0.6 is 15.9 Å². The Kier molecular flexibility index (Phi) is 4.09. The van der Waals surface area contributed by atoms with Crippen LogP contribution in [0.3, 0.4) is 0 Å². The van der Waals surface area contributed by atoms with Crippen molar-refractivity contribution in [3.63, 3.8) is 0 Å². The zero-order valence-corrected chi connectivity index (χ0v) is 11.3. The van der Waals surface area contributed by atoms with Crippen molar-refractivity contribution in [3.05, 3.63) is 40.9 Å². The fourth-order valence-electron chi connectivity index (χ4n) is 1.43. The number of rotatable bonds is 4. The maximum absolute atomic E-state index is 13.1. The van der Waals surface area contributed by atoms with Crippen molar-refractivity contribution in [2.75, 3.05) is 17.2 Å². The second-order valence-corrected chi connectivity index (χ2v) is 4.42. The van der Waals surface area contributed by atoms with Gasteiger partial charge in [0.1, 0.15) is 23.8 Å². The van der Waals surface area contributed by atoms with Crippen molar-refractivity contribution in [1.82, 2.24) is 9.97 Å². The van der Waals surface area contributed by atoms with Gasteiger partial charge in [0.15, 0.2) is 0 Å². The maximum atomic E-state index is 13.1. The number of nitrogens with one attached hydrogen (secondary N) is 2. The molecule has 0 atom stereocenters. The second-order valence-electron chi connectivity index (χ2n) is 3.57. The summed E-state index contributed by atoms with van der Waals surface area (Å²) in [5.41, 5.74) is 0.621. The Morgan fingerprint density at radius 1 is 1.22 bits per heavy atom. The van der Waals surface area contributed by atoms with Crippen molar-refractivity contribution < 1.29 is 4.39 Å². The highest BCUT2D eigenvalue weighted by Crippen LogP contribution is 2.26. The Morgan fingerprint density at radius 2 is 2.00 bits per heavy atom. The average Bonchev–Trinajstić information content (AvgIpc) is 2.35. The third-order valence-electron chi connectivity index (χ3n) is 2.22. The van der Waals surface area contributed by atoms with E-state index in [1.54, 1.807) is 12.1 Å². The van der Waals surface area contributed by atoms with E-state index < -0.39 is 0 Å². The van der Waals surface area contributed by atoms with Crippen LogP contribution in [-0.4, -0.2) is 16.5 Å². The van der Waals surface area contributed by atoms with Crippen LogP contribution in [0.25, 0.3) is 0 Å². The highest BCUT2D eigenvalue weighted by atomic mass is 79.9. The number of aromatic nitrogens is 2. The van der Waals surface area contributed by atoms with Gasteiger partial charge in [0.25, 0.3) is 0 Å². The van der Waals surface area contributed by atoms with Crippen molar-refractivity contribution in [1.29, 1.82) is 0 Å². The van der Waals surface area contributed by atoms with Crippen LogP contribution in [0.1, 0.15) is 6.92 Å². The minimum Gasteiger partial charge on any atom is -0.370 e. The predicted octanol–water partition coefficient (Wildman–Crippen LogP) is 3.55. The predicted molar refractivity (Wildman–Crippen MR) is 73.6 cm³/mol. The third-order valence-corrected chi connectivity index (χ3v) is 2.91. The van der Waals surface area contributed by atoms with Gasteiger partial charge in [0.05, 0.1) is 5.69 Å². The smallest absolute Gasteiger partial charge is 0.135 e. The van der Waals surface area contributed by atoms with E-state index in [4.69, 9.17) is 0 Å². The lowest BCUT2D eigenvalue weighted by molar-refractivity contribution is 0.628. The maximum Gasteiger partial charge on any atom is 0.135 e. The summed E-state index contributed by atoms with van der Waals surface area (Å²) in [5, 5.41) is 6.12.